The van der Waals surface area contributed by atoms with Crippen molar-refractivity contribution in [1.29, 1.82) is 0 Å². The third-order valence-corrected chi connectivity index (χ3v) is 3.74. The van der Waals surface area contributed by atoms with Crippen LogP contribution in [0.25, 0.3) is 0 Å². The van der Waals surface area contributed by atoms with Crippen LogP contribution in [0.5, 0.6) is 0 Å². The van der Waals surface area contributed by atoms with Crippen LogP contribution < -0.4 is 16.8 Å². The minimum atomic E-state index is -0.567. The van der Waals surface area contributed by atoms with Crippen LogP contribution in [0, 0.1) is 5.41 Å². The highest BCUT2D eigenvalue weighted by Gasteiger charge is 2.33. The van der Waals surface area contributed by atoms with E-state index in [1.54, 1.807) is 23.9 Å². The molecule has 0 saturated carbocycles. The number of hydrogen-bond acceptors (Lipinski definition) is 3. The minimum absolute atomic E-state index is 0. The van der Waals surface area contributed by atoms with Gasteiger partial charge in [0, 0.05) is 19.8 Å². The second-order valence-electron chi connectivity index (χ2n) is 4.73. The zero-order valence-electron chi connectivity index (χ0n) is 12.1. The van der Waals surface area contributed by atoms with E-state index in [1.165, 1.54) is 0 Å². The van der Waals surface area contributed by atoms with Gasteiger partial charge in [0.2, 0.25) is 5.91 Å². The number of hydrogen-bond donors (Lipinski definition) is 3. The summed E-state index contributed by atoms with van der Waals surface area (Å²) >= 11 is 0. The normalized spacial score (nSPS) is 10.8. The maximum absolute atomic E-state index is 12.3. The standard InChI is InChI=1S/C13H22N4O2.ClH/c1-4-13(5-2,8-14)12(19)16-9-6-10(11(15)18)17(3)7-9;/h6-7H,4-5,8,14H2,1-3H3,(H2,15,18)(H,16,19);1H. The second-order valence-corrected chi connectivity index (χ2v) is 4.73. The molecule has 1 rings (SSSR count). The number of anilines is 1. The predicted molar refractivity (Wildman–Crippen MR) is 81.9 cm³/mol. The molecule has 1 heterocycles. The van der Waals surface area contributed by atoms with Gasteiger partial charge in [-0.25, -0.2) is 0 Å². The molecule has 0 spiro atoms. The Balaban J connectivity index is 0.00000361. The average Bonchev–Trinajstić information content (AvgIpc) is 2.73. The van der Waals surface area contributed by atoms with E-state index in [2.05, 4.69) is 5.32 Å². The van der Waals surface area contributed by atoms with Crippen LogP contribution >= 0.6 is 12.4 Å². The van der Waals surface area contributed by atoms with Crippen molar-refractivity contribution in [2.75, 3.05) is 11.9 Å². The second kappa shape index (κ2) is 7.31. The maximum Gasteiger partial charge on any atom is 0.265 e. The predicted octanol–water partition coefficient (Wildman–Crippen LogP) is 1.25. The smallest absolute Gasteiger partial charge is 0.265 e. The van der Waals surface area contributed by atoms with Crippen molar-refractivity contribution in [3.63, 3.8) is 0 Å². The number of nitrogens with two attached hydrogens (primary N) is 2. The number of carbonyl (C=O) groups is 2. The topological polar surface area (TPSA) is 103 Å². The van der Waals surface area contributed by atoms with Gasteiger partial charge in [0.1, 0.15) is 5.69 Å². The Hall–Kier alpha value is -1.53. The lowest BCUT2D eigenvalue weighted by Crippen LogP contribution is -2.41. The first-order valence-electron chi connectivity index (χ1n) is 6.38. The highest BCUT2D eigenvalue weighted by atomic mass is 35.5. The van der Waals surface area contributed by atoms with Crippen molar-refractivity contribution >= 4 is 29.9 Å². The molecule has 1 aromatic rings. The molecule has 0 aliphatic carbocycles. The van der Waals surface area contributed by atoms with Crippen LogP contribution in [-0.2, 0) is 11.8 Å². The summed E-state index contributed by atoms with van der Waals surface area (Å²) in [6.07, 6.45) is 2.99. The monoisotopic (exact) mass is 302 g/mol. The molecule has 5 N–H and O–H groups in total. The van der Waals surface area contributed by atoms with Gasteiger partial charge >= 0.3 is 0 Å². The van der Waals surface area contributed by atoms with Crippen LogP contribution in [0.4, 0.5) is 5.69 Å². The summed E-state index contributed by atoms with van der Waals surface area (Å²) in [7, 11) is 1.70. The van der Waals surface area contributed by atoms with Crippen molar-refractivity contribution in [3.05, 3.63) is 18.0 Å². The summed E-state index contributed by atoms with van der Waals surface area (Å²) in [5.41, 5.74) is 11.3. The summed E-state index contributed by atoms with van der Waals surface area (Å²) < 4.78 is 1.58. The van der Waals surface area contributed by atoms with Crippen LogP contribution in [0.15, 0.2) is 12.3 Å². The molecule has 0 bridgehead atoms. The highest BCUT2D eigenvalue weighted by molar-refractivity contribution is 5.98. The maximum atomic E-state index is 12.3. The lowest BCUT2D eigenvalue weighted by molar-refractivity contribution is -0.125. The third-order valence-electron chi connectivity index (χ3n) is 3.74. The molecule has 0 aromatic carbocycles. The summed E-state index contributed by atoms with van der Waals surface area (Å²) in [5, 5.41) is 2.80. The van der Waals surface area contributed by atoms with Gasteiger partial charge in [-0.1, -0.05) is 13.8 Å². The van der Waals surface area contributed by atoms with Gasteiger partial charge in [-0.2, -0.15) is 0 Å². The molecule has 0 fully saturated rings. The third kappa shape index (κ3) is 3.52. The number of nitrogens with zero attached hydrogens (tertiary/aromatic N) is 1. The molecule has 2 amide bonds. The van der Waals surface area contributed by atoms with Gasteiger partial charge in [-0.3, -0.25) is 9.59 Å². The van der Waals surface area contributed by atoms with Gasteiger partial charge in [0.15, 0.2) is 0 Å². The molecular weight excluding hydrogens is 280 g/mol. The fraction of sp³-hybridized carbons (Fsp3) is 0.538. The van der Waals surface area contributed by atoms with E-state index in [4.69, 9.17) is 11.5 Å². The zero-order valence-corrected chi connectivity index (χ0v) is 12.9. The Morgan fingerprint density at radius 1 is 1.35 bits per heavy atom. The molecule has 0 unspecified atom stereocenters. The van der Waals surface area contributed by atoms with Gasteiger partial charge in [-0.15, -0.1) is 12.4 Å². The number of amides is 2. The quantitative estimate of drug-likeness (QED) is 0.736. The molecule has 0 atom stereocenters. The zero-order chi connectivity index (χ0) is 14.6. The Kier molecular flexibility index (Phi) is 6.75. The number of nitrogens with one attached hydrogen (secondary N) is 1. The number of carbonyl (C=O) groups excluding carboxylic acids is 2. The molecule has 0 saturated heterocycles. The number of aromatic nitrogens is 1. The lowest BCUT2D eigenvalue weighted by Gasteiger charge is -2.28. The average molecular weight is 303 g/mol. The fourth-order valence-corrected chi connectivity index (χ4v) is 2.09. The SMILES string of the molecule is CCC(CC)(CN)C(=O)Nc1cc(C(N)=O)n(C)c1.Cl. The molecular formula is C13H23ClN4O2. The highest BCUT2D eigenvalue weighted by Crippen LogP contribution is 2.27. The molecule has 0 aliphatic rings. The van der Waals surface area contributed by atoms with E-state index < -0.39 is 11.3 Å². The first-order valence-corrected chi connectivity index (χ1v) is 6.38. The van der Waals surface area contributed by atoms with Crippen LogP contribution in [0.3, 0.4) is 0 Å². The van der Waals surface area contributed by atoms with Gasteiger partial charge < -0.3 is 21.4 Å². The van der Waals surface area contributed by atoms with E-state index in [-0.39, 0.29) is 18.3 Å². The molecule has 6 nitrogen and oxygen atoms in total. The first kappa shape index (κ1) is 18.5. The number of primary amides is 1. The van der Waals surface area contributed by atoms with Crippen molar-refractivity contribution in [2.24, 2.45) is 23.9 Å². The Labute approximate surface area is 125 Å². The van der Waals surface area contributed by atoms with Crippen molar-refractivity contribution in [2.45, 2.75) is 26.7 Å². The van der Waals surface area contributed by atoms with Gasteiger partial charge in [-0.05, 0) is 18.9 Å². The first-order chi connectivity index (χ1) is 8.90. The van der Waals surface area contributed by atoms with E-state index in [9.17, 15) is 9.59 Å². The molecule has 114 valence electrons. The lowest BCUT2D eigenvalue weighted by atomic mass is 9.81. The number of aryl methyl sites for hydroxylation is 1. The van der Waals surface area contributed by atoms with E-state index >= 15 is 0 Å². The van der Waals surface area contributed by atoms with Crippen molar-refractivity contribution in [3.8, 4) is 0 Å². The van der Waals surface area contributed by atoms with Crippen LogP contribution in [0.2, 0.25) is 0 Å². The molecule has 7 heteroatoms. The van der Waals surface area contributed by atoms with E-state index in [0.717, 1.165) is 0 Å². The van der Waals surface area contributed by atoms with Crippen LogP contribution in [0.1, 0.15) is 37.2 Å². The van der Waals surface area contributed by atoms with Crippen molar-refractivity contribution in [1.82, 2.24) is 4.57 Å². The molecule has 20 heavy (non-hydrogen) atoms. The Bertz CT molecular complexity index is 472. The van der Waals surface area contributed by atoms with Gasteiger partial charge in [0.05, 0.1) is 11.1 Å². The summed E-state index contributed by atoms with van der Waals surface area (Å²) in [5.74, 6) is -0.652. The molecule has 0 radical (unpaired) electrons. The summed E-state index contributed by atoms with van der Waals surface area (Å²) in [6, 6.07) is 1.56. The van der Waals surface area contributed by atoms with E-state index in [1.807, 2.05) is 13.8 Å². The Morgan fingerprint density at radius 2 is 1.90 bits per heavy atom. The molecule has 1 aromatic heterocycles. The fourth-order valence-electron chi connectivity index (χ4n) is 2.09. The summed E-state index contributed by atoms with van der Waals surface area (Å²) in [4.78, 5) is 23.5. The summed E-state index contributed by atoms with van der Waals surface area (Å²) in [6.45, 7) is 4.17. The van der Waals surface area contributed by atoms with Crippen LogP contribution in [-0.4, -0.2) is 22.9 Å². The molecule has 0 aliphatic heterocycles. The number of rotatable bonds is 6. The van der Waals surface area contributed by atoms with E-state index in [0.29, 0.717) is 30.8 Å². The largest absolute Gasteiger partial charge is 0.364 e. The Morgan fingerprint density at radius 3 is 2.25 bits per heavy atom. The van der Waals surface area contributed by atoms with Crippen molar-refractivity contribution < 1.29 is 9.59 Å². The van der Waals surface area contributed by atoms with Gasteiger partial charge in [0.25, 0.3) is 5.91 Å². The minimum Gasteiger partial charge on any atom is -0.364 e. The number of halogens is 1.